The molecule has 0 spiro atoms. The van der Waals surface area contributed by atoms with Gasteiger partial charge in [0, 0.05) is 18.7 Å². The summed E-state index contributed by atoms with van der Waals surface area (Å²) >= 11 is 0. The lowest BCUT2D eigenvalue weighted by Crippen LogP contribution is -2.32. The van der Waals surface area contributed by atoms with Crippen LogP contribution in [0.1, 0.15) is 53.2 Å². The molecule has 1 aliphatic rings. The van der Waals surface area contributed by atoms with Crippen LogP contribution < -0.4 is 5.32 Å². The third kappa shape index (κ3) is 5.09. The Morgan fingerprint density at radius 2 is 1.22 bits per heavy atom. The van der Waals surface area contributed by atoms with E-state index in [2.05, 4.69) is 5.32 Å². The Morgan fingerprint density at radius 3 is 1.72 bits per heavy atom. The van der Waals surface area contributed by atoms with Gasteiger partial charge in [-0.1, -0.05) is 73.5 Å². The normalized spacial score (nSPS) is 15.3. The first-order valence-corrected chi connectivity index (χ1v) is 12.5. The number of amides is 1. The van der Waals surface area contributed by atoms with E-state index in [1.165, 1.54) is 12.1 Å². The van der Waals surface area contributed by atoms with Gasteiger partial charge >= 0.3 is 0 Å². The molecule has 0 atom stereocenters. The standard InChI is InChI=1S/C26H28N2O3S/c29-26(27-25(21-11-5-3-6-12-21)22-13-7-4-8-14-22)23-15-17-24(18-16-23)32(30,31)28-19-9-1-2-10-20-28/h3-8,11-18,25H,1-2,9-10,19-20H2,(H,27,29). The molecule has 0 aliphatic carbocycles. The highest BCUT2D eigenvalue weighted by Gasteiger charge is 2.25. The van der Waals surface area contributed by atoms with Gasteiger partial charge in [-0.3, -0.25) is 4.79 Å². The molecule has 4 rings (SSSR count). The van der Waals surface area contributed by atoms with Gasteiger partial charge in [-0.25, -0.2) is 8.42 Å². The third-order valence-corrected chi connectivity index (χ3v) is 7.77. The van der Waals surface area contributed by atoms with Gasteiger partial charge in [0.15, 0.2) is 0 Å². The largest absolute Gasteiger partial charge is 0.341 e. The molecule has 6 heteroatoms. The number of benzene rings is 3. The molecule has 5 nitrogen and oxygen atoms in total. The Balaban J connectivity index is 1.54. The fourth-order valence-electron chi connectivity index (χ4n) is 4.07. The van der Waals surface area contributed by atoms with E-state index in [9.17, 15) is 13.2 Å². The summed E-state index contributed by atoms with van der Waals surface area (Å²) in [4.78, 5) is 13.3. The molecule has 1 amide bonds. The van der Waals surface area contributed by atoms with Gasteiger partial charge in [-0.15, -0.1) is 0 Å². The van der Waals surface area contributed by atoms with Crippen molar-refractivity contribution in [2.45, 2.75) is 36.6 Å². The Morgan fingerprint density at radius 1 is 0.719 bits per heavy atom. The van der Waals surface area contributed by atoms with Gasteiger partial charge in [-0.05, 0) is 48.2 Å². The first kappa shape index (κ1) is 22.2. The van der Waals surface area contributed by atoms with Crippen LogP contribution in [0.2, 0.25) is 0 Å². The highest BCUT2D eigenvalue weighted by atomic mass is 32.2. The predicted octanol–water partition coefficient (Wildman–Crippen LogP) is 4.77. The van der Waals surface area contributed by atoms with E-state index in [0.717, 1.165) is 36.8 Å². The second-order valence-electron chi connectivity index (χ2n) is 8.07. The van der Waals surface area contributed by atoms with Crippen LogP contribution in [0.15, 0.2) is 89.8 Å². The molecule has 0 aromatic heterocycles. The zero-order chi connectivity index (χ0) is 22.4. The van der Waals surface area contributed by atoms with Gasteiger partial charge in [0.25, 0.3) is 5.91 Å². The van der Waals surface area contributed by atoms with E-state index in [4.69, 9.17) is 0 Å². The summed E-state index contributed by atoms with van der Waals surface area (Å²) in [7, 11) is -3.54. The first-order chi connectivity index (χ1) is 15.6. The van der Waals surface area contributed by atoms with Crippen molar-refractivity contribution in [3.8, 4) is 0 Å². The smallest absolute Gasteiger partial charge is 0.252 e. The highest BCUT2D eigenvalue weighted by molar-refractivity contribution is 7.89. The van der Waals surface area contributed by atoms with Crippen LogP contribution in [0.4, 0.5) is 0 Å². The molecule has 3 aromatic rings. The summed E-state index contributed by atoms with van der Waals surface area (Å²) in [5, 5.41) is 3.10. The first-order valence-electron chi connectivity index (χ1n) is 11.1. The van der Waals surface area contributed by atoms with E-state index in [1.54, 1.807) is 16.4 Å². The number of hydrogen-bond acceptors (Lipinski definition) is 3. The van der Waals surface area contributed by atoms with Crippen LogP contribution >= 0.6 is 0 Å². The minimum atomic E-state index is -3.54. The second-order valence-corrected chi connectivity index (χ2v) is 10.0. The Bertz CT molecular complexity index is 1080. The number of carbonyl (C=O) groups is 1. The summed E-state index contributed by atoms with van der Waals surface area (Å²) < 4.78 is 27.6. The van der Waals surface area contributed by atoms with Crippen LogP contribution in [0, 0.1) is 0 Å². The lowest BCUT2D eigenvalue weighted by Gasteiger charge is -2.21. The molecule has 1 saturated heterocycles. The minimum Gasteiger partial charge on any atom is -0.341 e. The van der Waals surface area contributed by atoms with Gasteiger partial charge in [0.05, 0.1) is 10.9 Å². The van der Waals surface area contributed by atoms with Crippen molar-refractivity contribution in [2.75, 3.05) is 13.1 Å². The summed E-state index contributed by atoms with van der Waals surface area (Å²) in [5.41, 5.74) is 2.39. The number of nitrogens with one attached hydrogen (secondary N) is 1. The zero-order valence-corrected chi connectivity index (χ0v) is 18.8. The maximum absolute atomic E-state index is 13.0. The maximum Gasteiger partial charge on any atom is 0.252 e. The molecule has 166 valence electrons. The number of hydrogen-bond donors (Lipinski definition) is 1. The molecule has 32 heavy (non-hydrogen) atoms. The van der Waals surface area contributed by atoms with Crippen molar-refractivity contribution in [1.29, 1.82) is 0 Å². The topological polar surface area (TPSA) is 66.5 Å². The van der Waals surface area contributed by atoms with Crippen LogP contribution in [-0.2, 0) is 10.0 Å². The molecule has 0 radical (unpaired) electrons. The average Bonchev–Trinajstić information content (AvgIpc) is 3.14. The fourth-order valence-corrected chi connectivity index (χ4v) is 5.59. The highest BCUT2D eigenvalue weighted by Crippen LogP contribution is 2.24. The van der Waals surface area contributed by atoms with Crippen molar-refractivity contribution in [3.05, 3.63) is 102 Å². The second kappa shape index (κ2) is 10.1. The summed E-state index contributed by atoms with van der Waals surface area (Å²) in [6.45, 7) is 1.11. The lowest BCUT2D eigenvalue weighted by atomic mass is 9.98. The number of rotatable bonds is 6. The average molecular weight is 449 g/mol. The summed E-state index contributed by atoms with van der Waals surface area (Å²) in [6.07, 6.45) is 3.91. The fraction of sp³-hybridized carbons (Fsp3) is 0.269. The molecule has 1 N–H and O–H groups in total. The predicted molar refractivity (Wildman–Crippen MR) is 126 cm³/mol. The third-order valence-electron chi connectivity index (χ3n) is 5.86. The molecule has 0 bridgehead atoms. The van der Waals surface area contributed by atoms with E-state index < -0.39 is 10.0 Å². The molecule has 3 aromatic carbocycles. The van der Waals surface area contributed by atoms with E-state index in [1.807, 2.05) is 60.7 Å². The van der Waals surface area contributed by atoms with Crippen LogP contribution in [0.3, 0.4) is 0 Å². The minimum absolute atomic E-state index is 0.235. The van der Waals surface area contributed by atoms with E-state index >= 15 is 0 Å². The van der Waals surface area contributed by atoms with Crippen LogP contribution in [-0.4, -0.2) is 31.7 Å². The van der Waals surface area contributed by atoms with E-state index in [-0.39, 0.29) is 16.8 Å². The number of sulfonamides is 1. The van der Waals surface area contributed by atoms with Crippen LogP contribution in [0.25, 0.3) is 0 Å². The van der Waals surface area contributed by atoms with E-state index in [0.29, 0.717) is 18.7 Å². The zero-order valence-electron chi connectivity index (χ0n) is 18.0. The van der Waals surface area contributed by atoms with Crippen molar-refractivity contribution in [3.63, 3.8) is 0 Å². The van der Waals surface area contributed by atoms with Crippen molar-refractivity contribution in [1.82, 2.24) is 9.62 Å². The lowest BCUT2D eigenvalue weighted by molar-refractivity contribution is 0.0943. The SMILES string of the molecule is O=C(NC(c1ccccc1)c1ccccc1)c1ccc(S(=O)(=O)N2CCCCCC2)cc1. The van der Waals surface area contributed by atoms with Gasteiger partial charge in [0.2, 0.25) is 10.0 Å². The molecular formula is C26H28N2O3S. The Kier molecular flexibility index (Phi) is 7.02. The molecular weight excluding hydrogens is 420 g/mol. The monoisotopic (exact) mass is 448 g/mol. The summed E-state index contributed by atoms with van der Waals surface area (Å²) in [5.74, 6) is -0.249. The van der Waals surface area contributed by atoms with Gasteiger partial charge in [0.1, 0.15) is 0 Å². The molecule has 0 saturated carbocycles. The molecule has 1 fully saturated rings. The van der Waals surface area contributed by atoms with Crippen molar-refractivity contribution < 1.29 is 13.2 Å². The van der Waals surface area contributed by atoms with Crippen molar-refractivity contribution in [2.24, 2.45) is 0 Å². The van der Waals surface area contributed by atoms with Gasteiger partial charge < -0.3 is 5.32 Å². The molecule has 0 unspecified atom stereocenters. The Labute approximate surface area is 190 Å². The van der Waals surface area contributed by atoms with Crippen molar-refractivity contribution >= 4 is 15.9 Å². The summed E-state index contributed by atoms with van der Waals surface area (Å²) in [6, 6.07) is 25.5. The molecule has 1 aliphatic heterocycles. The number of nitrogens with zero attached hydrogens (tertiary/aromatic N) is 1. The van der Waals surface area contributed by atoms with Crippen LogP contribution in [0.5, 0.6) is 0 Å². The molecule has 1 heterocycles. The quantitative estimate of drug-likeness (QED) is 0.591. The Hall–Kier alpha value is -2.96. The maximum atomic E-state index is 13.0. The number of carbonyl (C=O) groups excluding carboxylic acids is 1. The van der Waals surface area contributed by atoms with Gasteiger partial charge in [-0.2, -0.15) is 4.31 Å².